The molecule has 0 saturated carbocycles. The topological polar surface area (TPSA) is 49.2 Å². The Morgan fingerprint density at radius 1 is 1.06 bits per heavy atom. The molecular formula is C24H30FN3O2S. The molecule has 0 aliphatic carbocycles. The summed E-state index contributed by atoms with van der Waals surface area (Å²) in [6.45, 7) is 9.31. The Morgan fingerprint density at radius 3 is 2.42 bits per heavy atom. The van der Waals surface area contributed by atoms with Crippen LogP contribution in [0.5, 0.6) is 5.75 Å². The summed E-state index contributed by atoms with van der Waals surface area (Å²) in [5, 5.41) is 9.47. The molecule has 0 bridgehead atoms. The first-order valence-electron chi connectivity index (χ1n) is 10.3. The fourth-order valence-corrected chi connectivity index (χ4v) is 4.23. The van der Waals surface area contributed by atoms with Crippen LogP contribution in [0.3, 0.4) is 0 Å². The number of thioether (sulfide) groups is 1. The van der Waals surface area contributed by atoms with Crippen LogP contribution in [-0.2, 0) is 22.5 Å². The molecule has 31 heavy (non-hydrogen) atoms. The number of rotatable bonds is 9. The largest absolute Gasteiger partial charge is 0.483 e. The van der Waals surface area contributed by atoms with Gasteiger partial charge in [0.1, 0.15) is 6.61 Å². The number of para-hydroxylation sites is 1. The van der Waals surface area contributed by atoms with Crippen LogP contribution >= 0.6 is 11.8 Å². The molecule has 0 amide bonds. The fourth-order valence-electron chi connectivity index (χ4n) is 3.22. The predicted molar refractivity (Wildman–Crippen MR) is 122 cm³/mol. The van der Waals surface area contributed by atoms with Gasteiger partial charge in [0.05, 0.1) is 12.6 Å². The van der Waals surface area contributed by atoms with Gasteiger partial charge in [0, 0.05) is 12.9 Å². The van der Waals surface area contributed by atoms with Crippen molar-refractivity contribution in [2.45, 2.75) is 56.7 Å². The molecule has 3 rings (SSSR count). The molecule has 0 aliphatic rings. The van der Waals surface area contributed by atoms with Crippen molar-refractivity contribution in [1.82, 2.24) is 14.8 Å². The number of ether oxygens (including phenoxy) is 2. The van der Waals surface area contributed by atoms with E-state index in [0.29, 0.717) is 12.4 Å². The number of aromatic nitrogens is 3. The molecule has 0 N–H and O–H groups in total. The van der Waals surface area contributed by atoms with Crippen LogP contribution < -0.4 is 4.74 Å². The second kappa shape index (κ2) is 10.3. The third kappa shape index (κ3) is 6.08. The van der Waals surface area contributed by atoms with Crippen molar-refractivity contribution >= 4 is 11.8 Å². The SMILES string of the molecule is COCC(C)n1c(COc2ccccc2F)nnc1SCc1ccc(C(C)(C)C)cc1. The summed E-state index contributed by atoms with van der Waals surface area (Å²) in [6.07, 6.45) is 0. The highest BCUT2D eigenvalue weighted by atomic mass is 32.2. The number of hydrogen-bond acceptors (Lipinski definition) is 5. The lowest BCUT2D eigenvalue weighted by molar-refractivity contribution is 0.154. The number of hydrogen-bond donors (Lipinski definition) is 0. The minimum Gasteiger partial charge on any atom is -0.483 e. The van der Waals surface area contributed by atoms with Crippen molar-refractivity contribution in [3.63, 3.8) is 0 Å². The van der Waals surface area contributed by atoms with Crippen molar-refractivity contribution in [3.8, 4) is 5.75 Å². The zero-order chi connectivity index (χ0) is 22.4. The van der Waals surface area contributed by atoms with Crippen molar-refractivity contribution < 1.29 is 13.9 Å². The van der Waals surface area contributed by atoms with Crippen LogP contribution in [0.25, 0.3) is 0 Å². The minimum absolute atomic E-state index is 0.0185. The van der Waals surface area contributed by atoms with Gasteiger partial charge in [-0.1, -0.05) is 68.9 Å². The number of benzene rings is 2. The van der Waals surface area contributed by atoms with Crippen LogP contribution in [0.4, 0.5) is 4.39 Å². The maximum atomic E-state index is 13.9. The molecule has 7 heteroatoms. The van der Waals surface area contributed by atoms with Gasteiger partial charge in [-0.3, -0.25) is 4.57 Å². The van der Waals surface area contributed by atoms with E-state index in [9.17, 15) is 4.39 Å². The molecule has 1 heterocycles. The molecule has 1 aromatic heterocycles. The lowest BCUT2D eigenvalue weighted by Crippen LogP contribution is -2.16. The Balaban J connectivity index is 1.74. The van der Waals surface area contributed by atoms with E-state index in [0.717, 1.165) is 10.9 Å². The van der Waals surface area contributed by atoms with E-state index in [-0.39, 0.29) is 23.8 Å². The predicted octanol–water partition coefficient (Wildman–Crippen LogP) is 5.79. The molecule has 0 fully saturated rings. The van der Waals surface area contributed by atoms with Gasteiger partial charge in [-0.15, -0.1) is 10.2 Å². The molecular weight excluding hydrogens is 413 g/mol. The van der Waals surface area contributed by atoms with E-state index in [2.05, 4.69) is 55.2 Å². The van der Waals surface area contributed by atoms with Gasteiger partial charge in [-0.25, -0.2) is 4.39 Å². The zero-order valence-corrected chi connectivity index (χ0v) is 19.6. The molecule has 1 unspecified atom stereocenters. The first kappa shape index (κ1) is 23.3. The van der Waals surface area contributed by atoms with Gasteiger partial charge < -0.3 is 9.47 Å². The van der Waals surface area contributed by atoms with Crippen LogP contribution in [0.1, 0.15) is 50.7 Å². The quantitative estimate of drug-likeness (QED) is 0.392. The van der Waals surface area contributed by atoms with E-state index in [1.807, 2.05) is 11.5 Å². The number of methoxy groups -OCH3 is 1. The Bertz CT molecular complexity index is 983. The molecule has 5 nitrogen and oxygen atoms in total. The lowest BCUT2D eigenvalue weighted by atomic mass is 9.87. The molecule has 0 spiro atoms. The smallest absolute Gasteiger partial charge is 0.191 e. The van der Waals surface area contributed by atoms with Crippen molar-refractivity contribution in [1.29, 1.82) is 0 Å². The fraction of sp³-hybridized carbons (Fsp3) is 0.417. The first-order chi connectivity index (χ1) is 14.8. The second-order valence-corrected chi connectivity index (χ2v) is 9.47. The third-order valence-electron chi connectivity index (χ3n) is 4.97. The molecule has 3 aromatic rings. The van der Waals surface area contributed by atoms with Crippen molar-refractivity contribution in [2.24, 2.45) is 0 Å². The van der Waals surface area contributed by atoms with Gasteiger partial charge >= 0.3 is 0 Å². The minimum atomic E-state index is -0.396. The summed E-state index contributed by atoms with van der Waals surface area (Å²) in [6, 6.07) is 15.1. The standard InChI is InChI=1S/C24H30FN3O2S/c1-17(14-29-5)28-22(15-30-21-9-7-6-8-20(21)25)26-27-23(28)31-16-18-10-12-19(13-11-18)24(2,3)4/h6-13,17H,14-16H2,1-5H3. The van der Waals surface area contributed by atoms with E-state index in [1.54, 1.807) is 37.1 Å². The van der Waals surface area contributed by atoms with E-state index >= 15 is 0 Å². The molecule has 166 valence electrons. The highest BCUT2D eigenvalue weighted by molar-refractivity contribution is 7.98. The van der Waals surface area contributed by atoms with Crippen LogP contribution in [-0.4, -0.2) is 28.5 Å². The maximum absolute atomic E-state index is 13.9. The number of halogens is 1. The number of nitrogens with zero attached hydrogens (tertiary/aromatic N) is 3. The van der Waals surface area contributed by atoms with Crippen LogP contribution in [0, 0.1) is 5.82 Å². The molecule has 1 atom stereocenters. The zero-order valence-electron chi connectivity index (χ0n) is 18.8. The average molecular weight is 444 g/mol. The highest BCUT2D eigenvalue weighted by Gasteiger charge is 2.19. The van der Waals surface area contributed by atoms with Gasteiger partial charge in [0.2, 0.25) is 0 Å². The van der Waals surface area contributed by atoms with Crippen LogP contribution in [0.15, 0.2) is 53.7 Å². The molecule has 0 aliphatic heterocycles. The molecule has 0 saturated heterocycles. The Hall–Kier alpha value is -2.38. The van der Waals surface area contributed by atoms with E-state index in [1.165, 1.54) is 17.2 Å². The summed E-state index contributed by atoms with van der Waals surface area (Å²) in [4.78, 5) is 0. The van der Waals surface area contributed by atoms with Gasteiger partial charge in [-0.05, 0) is 35.6 Å². The van der Waals surface area contributed by atoms with Crippen molar-refractivity contribution in [3.05, 3.63) is 71.3 Å². The summed E-state index contributed by atoms with van der Waals surface area (Å²) >= 11 is 1.62. The molecule has 2 aromatic carbocycles. The summed E-state index contributed by atoms with van der Waals surface area (Å²) in [5.41, 5.74) is 2.66. The third-order valence-corrected chi connectivity index (χ3v) is 5.98. The maximum Gasteiger partial charge on any atom is 0.191 e. The van der Waals surface area contributed by atoms with Gasteiger partial charge in [0.25, 0.3) is 0 Å². The highest BCUT2D eigenvalue weighted by Crippen LogP contribution is 2.28. The normalized spacial score (nSPS) is 12.7. The summed E-state index contributed by atoms with van der Waals surface area (Å²) < 4.78 is 26.9. The first-order valence-corrected chi connectivity index (χ1v) is 11.3. The second-order valence-electron chi connectivity index (χ2n) is 8.53. The van der Waals surface area contributed by atoms with Crippen molar-refractivity contribution in [2.75, 3.05) is 13.7 Å². The average Bonchev–Trinajstić information content (AvgIpc) is 3.14. The Kier molecular flexibility index (Phi) is 7.73. The summed E-state index contributed by atoms with van der Waals surface area (Å²) in [7, 11) is 1.67. The monoisotopic (exact) mass is 443 g/mol. The Labute approximate surface area is 188 Å². The lowest BCUT2D eigenvalue weighted by Gasteiger charge is -2.19. The Morgan fingerprint density at radius 2 is 1.77 bits per heavy atom. The molecule has 0 radical (unpaired) electrons. The van der Waals surface area contributed by atoms with E-state index in [4.69, 9.17) is 9.47 Å². The van der Waals surface area contributed by atoms with Crippen LogP contribution in [0.2, 0.25) is 0 Å². The summed E-state index contributed by atoms with van der Waals surface area (Å²) in [5.74, 6) is 1.21. The van der Waals surface area contributed by atoms with Gasteiger partial charge in [-0.2, -0.15) is 0 Å². The van der Waals surface area contributed by atoms with E-state index < -0.39 is 5.82 Å². The van der Waals surface area contributed by atoms with Gasteiger partial charge in [0.15, 0.2) is 22.5 Å².